The van der Waals surface area contributed by atoms with Crippen LogP contribution in [0.4, 0.5) is 17.3 Å². The van der Waals surface area contributed by atoms with Crippen molar-refractivity contribution in [2.24, 2.45) is 0 Å². The molecule has 0 bridgehead atoms. The van der Waals surface area contributed by atoms with Crippen molar-refractivity contribution in [2.45, 2.75) is 0 Å². The second-order valence-corrected chi connectivity index (χ2v) is 3.98. The molecule has 2 N–H and O–H groups in total. The van der Waals surface area contributed by atoms with E-state index in [4.69, 9.17) is 5.73 Å². The first kappa shape index (κ1) is 11.5. The highest BCUT2D eigenvalue weighted by atomic mass is 16.6. The van der Waals surface area contributed by atoms with Crippen LogP contribution < -0.4 is 10.6 Å². The van der Waals surface area contributed by atoms with E-state index in [0.29, 0.717) is 18.9 Å². The van der Waals surface area contributed by atoms with Gasteiger partial charge in [0.05, 0.1) is 4.92 Å². The molecule has 8 heteroatoms. The van der Waals surface area contributed by atoms with Crippen molar-refractivity contribution < 1.29 is 4.92 Å². The molecular formula is C9H14N6O2. The topological polar surface area (TPSA) is 101 Å². The lowest BCUT2D eigenvalue weighted by Gasteiger charge is -2.32. The van der Waals surface area contributed by atoms with Gasteiger partial charge in [-0.25, -0.2) is 9.97 Å². The summed E-state index contributed by atoms with van der Waals surface area (Å²) in [5.41, 5.74) is 5.33. The lowest BCUT2D eigenvalue weighted by Crippen LogP contribution is -2.45. The molecule has 0 radical (unpaired) electrons. The Bertz CT molecular complexity index is 429. The van der Waals surface area contributed by atoms with E-state index in [1.54, 1.807) is 0 Å². The maximum absolute atomic E-state index is 11.0. The zero-order valence-corrected chi connectivity index (χ0v) is 9.54. The first-order valence-electron chi connectivity index (χ1n) is 5.28. The number of hydrogen-bond acceptors (Lipinski definition) is 7. The molecule has 0 spiro atoms. The van der Waals surface area contributed by atoms with Crippen LogP contribution in [0.15, 0.2) is 6.33 Å². The summed E-state index contributed by atoms with van der Waals surface area (Å²) in [5.74, 6) is 0.231. The van der Waals surface area contributed by atoms with Crippen LogP contribution in [0.2, 0.25) is 0 Å². The summed E-state index contributed by atoms with van der Waals surface area (Å²) in [4.78, 5) is 22.1. The summed E-state index contributed by atoms with van der Waals surface area (Å²) in [6, 6.07) is 0. The van der Waals surface area contributed by atoms with Crippen LogP contribution in [-0.4, -0.2) is 53.0 Å². The number of hydrogen-bond donors (Lipinski definition) is 1. The predicted molar refractivity (Wildman–Crippen MR) is 62.8 cm³/mol. The van der Waals surface area contributed by atoms with Crippen LogP contribution in [0.1, 0.15) is 0 Å². The molecule has 2 heterocycles. The normalized spacial score (nSPS) is 17.1. The number of nitrogens with zero attached hydrogens (tertiary/aromatic N) is 5. The monoisotopic (exact) mass is 238 g/mol. The Hall–Kier alpha value is -1.96. The minimum absolute atomic E-state index is 0.0843. The van der Waals surface area contributed by atoms with Gasteiger partial charge in [-0.15, -0.1) is 0 Å². The van der Waals surface area contributed by atoms with Crippen molar-refractivity contribution >= 4 is 17.3 Å². The lowest BCUT2D eigenvalue weighted by molar-refractivity contribution is -0.383. The Morgan fingerprint density at radius 2 is 2.00 bits per heavy atom. The summed E-state index contributed by atoms with van der Waals surface area (Å²) in [5, 5.41) is 11.0. The number of anilines is 2. The Morgan fingerprint density at radius 3 is 2.59 bits per heavy atom. The number of nitrogen functional groups attached to an aromatic ring is 1. The van der Waals surface area contributed by atoms with Gasteiger partial charge in [-0.2, -0.15) is 0 Å². The first-order valence-corrected chi connectivity index (χ1v) is 5.28. The summed E-state index contributed by atoms with van der Waals surface area (Å²) >= 11 is 0. The molecule has 0 aliphatic carbocycles. The maximum Gasteiger partial charge on any atom is 0.353 e. The third kappa shape index (κ3) is 2.26. The van der Waals surface area contributed by atoms with Crippen LogP contribution in [-0.2, 0) is 0 Å². The van der Waals surface area contributed by atoms with Gasteiger partial charge in [0.25, 0.3) is 0 Å². The molecule has 1 aliphatic heterocycles. The van der Waals surface area contributed by atoms with Crippen molar-refractivity contribution in [3.05, 3.63) is 16.4 Å². The second kappa shape index (κ2) is 4.50. The van der Waals surface area contributed by atoms with Crippen molar-refractivity contribution in [3.63, 3.8) is 0 Å². The zero-order chi connectivity index (χ0) is 12.4. The van der Waals surface area contributed by atoms with E-state index in [1.165, 1.54) is 6.33 Å². The second-order valence-electron chi connectivity index (χ2n) is 3.98. The van der Waals surface area contributed by atoms with Gasteiger partial charge < -0.3 is 15.5 Å². The number of nitrogens with two attached hydrogens (primary N) is 1. The third-order valence-corrected chi connectivity index (χ3v) is 2.82. The average Bonchev–Trinajstić information content (AvgIpc) is 2.29. The predicted octanol–water partition coefficient (Wildman–Crippen LogP) is -0.281. The molecule has 1 aromatic heterocycles. The molecule has 1 aliphatic rings. The number of nitro groups is 1. The van der Waals surface area contributed by atoms with Crippen molar-refractivity contribution in [2.75, 3.05) is 43.9 Å². The molecule has 1 aromatic rings. The van der Waals surface area contributed by atoms with Gasteiger partial charge in [-0.1, -0.05) is 0 Å². The fraction of sp³-hybridized carbons (Fsp3) is 0.556. The van der Waals surface area contributed by atoms with Gasteiger partial charge in [0, 0.05) is 26.2 Å². The molecule has 0 aromatic carbocycles. The molecule has 0 atom stereocenters. The molecule has 0 saturated carbocycles. The largest absolute Gasteiger partial charge is 0.378 e. The average molecular weight is 238 g/mol. The standard InChI is InChI=1S/C9H14N6O2/c1-13-2-4-14(5-3-13)9-7(15(16)17)8(10)11-6-12-9/h6H,2-5H2,1H3,(H2,10,11,12). The Kier molecular flexibility index (Phi) is 3.05. The lowest BCUT2D eigenvalue weighted by atomic mass is 10.3. The van der Waals surface area contributed by atoms with Crippen LogP contribution in [0.25, 0.3) is 0 Å². The van der Waals surface area contributed by atoms with Gasteiger partial charge in [-0.3, -0.25) is 10.1 Å². The molecule has 8 nitrogen and oxygen atoms in total. The van der Waals surface area contributed by atoms with Crippen LogP contribution >= 0.6 is 0 Å². The van der Waals surface area contributed by atoms with Gasteiger partial charge in [0.15, 0.2) is 0 Å². The molecule has 2 rings (SSSR count). The van der Waals surface area contributed by atoms with Crippen LogP contribution in [0, 0.1) is 10.1 Å². The van der Waals surface area contributed by atoms with E-state index >= 15 is 0 Å². The Balaban J connectivity index is 2.32. The third-order valence-electron chi connectivity index (χ3n) is 2.82. The molecular weight excluding hydrogens is 224 g/mol. The Morgan fingerprint density at radius 1 is 1.35 bits per heavy atom. The number of aromatic nitrogens is 2. The van der Waals surface area contributed by atoms with E-state index in [9.17, 15) is 10.1 Å². The summed E-state index contributed by atoms with van der Waals surface area (Å²) in [6.45, 7) is 3.10. The number of rotatable bonds is 2. The molecule has 0 unspecified atom stereocenters. The minimum atomic E-state index is -0.525. The maximum atomic E-state index is 11.0. The van der Waals surface area contributed by atoms with Crippen LogP contribution in [0.3, 0.4) is 0 Å². The van der Waals surface area contributed by atoms with E-state index < -0.39 is 4.92 Å². The van der Waals surface area contributed by atoms with Gasteiger partial charge in [0.2, 0.25) is 11.6 Å². The molecule has 0 amide bonds. The molecule has 17 heavy (non-hydrogen) atoms. The van der Waals surface area contributed by atoms with E-state index in [0.717, 1.165) is 13.1 Å². The quantitative estimate of drug-likeness (QED) is 0.558. The summed E-state index contributed by atoms with van der Waals surface area (Å²) < 4.78 is 0. The van der Waals surface area contributed by atoms with Crippen molar-refractivity contribution in [1.29, 1.82) is 0 Å². The highest BCUT2D eigenvalue weighted by Gasteiger charge is 2.27. The smallest absolute Gasteiger partial charge is 0.353 e. The fourth-order valence-electron chi connectivity index (χ4n) is 1.81. The van der Waals surface area contributed by atoms with Crippen molar-refractivity contribution in [3.8, 4) is 0 Å². The van der Waals surface area contributed by atoms with E-state index in [2.05, 4.69) is 14.9 Å². The number of piperazine rings is 1. The van der Waals surface area contributed by atoms with Crippen molar-refractivity contribution in [1.82, 2.24) is 14.9 Å². The summed E-state index contributed by atoms with van der Waals surface area (Å²) in [7, 11) is 2.01. The molecule has 1 fully saturated rings. The highest BCUT2D eigenvalue weighted by molar-refractivity contribution is 5.68. The minimum Gasteiger partial charge on any atom is -0.378 e. The summed E-state index contributed by atoms with van der Waals surface area (Å²) in [6.07, 6.45) is 1.26. The van der Waals surface area contributed by atoms with Gasteiger partial charge in [0.1, 0.15) is 6.33 Å². The Labute approximate surface area is 98.2 Å². The number of likely N-dealkylation sites (N-methyl/N-ethyl adjacent to an activating group) is 1. The fourth-order valence-corrected chi connectivity index (χ4v) is 1.81. The highest BCUT2D eigenvalue weighted by Crippen LogP contribution is 2.29. The molecule has 92 valence electrons. The van der Waals surface area contributed by atoms with E-state index in [-0.39, 0.29) is 11.5 Å². The van der Waals surface area contributed by atoms with Crippen LogP contribution in [0.5, 0.6) is 0 Å². The van der Waals surface area contributed by atoms with Gasteiger partial charge >= 0.3 is 5.69 Å². The zero-order valence-electron chi connectivity index (χ0n) is 9.54. The molecule has 1 saturated heterocycles. The first-order chi connectivity index (χ1) is 8.09. The SMILES string of the molecule is CN1CCN(c2ncnc(N)c2[N+](=O)[O-])CC1. The van der Waals surface area contributed by atoms with E-state index in [1.807, 2.05) is 11.9 Å². The van der Waals surface area contributed by atoms with Gasteiger partial charge in [-0.05, 0) is 7.05 Å².